The number of nitrogens with zero attached hydrogens (tertiary/aromatic N) is 6. The Morgan fingerprint density at radius 3 is 2.95 bits per heavy atom. The highest BCUT2D eigenvalue weighted by atomic mass is 19.1. The van der Waals surface area contributed by atoms with Gasteiger partial charge in [-0.15, -0.1) is 0 Å². The number of fused-ring (bicyclic) bond motifs is 1. The van der Waals surface area contributed by atoms with Crippen molar-refractivity contribution >= 4 is 28.2 Å². The van der Waals surface area contributed by atoms with Crippen LogP contribution >= 0.6 is 0 Å². The molecule has 2 aromatic heterocycles. The van der Waals surface area contributed by atoms with Crippen molar-refractivity contribution < 1.29 is 13.9 Å². The van der Waals surface area contributed by atoms with E-state index in [1.807, 2.05) is 6.20 Å². The van der Waals surface area contributed by atoms with E-state index in [0.29, 0.717) is 23.3 Å². The normalized spacial score (nSPS) is 15.4. The largest absolute Gasteiger partial charge is 0.496 e. The van der Waals surface area contributed by atoms with Gasteiger partial charge in [0.05, 0.1) is 29.6 Å². The molecule has 2 aromatic carbocycles. The summed E-state index contributed by atoms with van der Waals surface area (Å²) in [6.07, 6.45) is 5.02. The molecule has 188 valence electrons. The van der Waals surface area contributed by atoms with Crippen LogP contribution in [0, 0.1) is 17.1 Å². The first-order valence-electron chi connectivity index (χ1n) is 11.8. The summed E-state index contributed by atoms with van der Waals surface area (Å²) in [5.74, 6) is -0.831. The van der Waals surface area contributed by atoms with Gasteiger partial charge in [0, 0.05) is 44.0 Å². The number of ether oxygens (including phenoxy) is 1. The van der Waals surface area contributed by atoms with Crippen LogP contribution in [0.15, 0.2) is 42.7 Å². The molecule has 3 N–H and O–H groups in total. The van der Waals surface area contributed by atoms with Gasteiger partial charge in [-0.1, -0.05) is 6.07 Å². The summed E-state index contributed by atoms with van der Waals surface area (Å²) in [5.41, 5.74) is 8.42. The Hall–Kier alpha value is -4.56. The highest BCUT2D eigenvalue weighted by Gasteiger charge is 2.26. The van der Waals surface area contributed by atoms with Gasteiger partial charge in [0.25, 0.3) is 5.91 Å². The molecule has 4 aromatic rings. The van der Waals surface area contributed by atoms with E-state index in [1.54, 1.807) is 23.9 Å². The molecular formula is C26H25FN8O2. The van der Waals surface area contributed by atoms with Crippen LogP contribution in [0.5, 0.6) is 5.75 Å². The second kappa shape index (κ2) is 9.83. The van der Waals surface area contributed by atoms with E-state index in [4.69, 9.17) is 10.5 Å². The van der Waals surface area contributed by atoms with Crippen LogP contribution in [-0.4, -0.2) is 51.9 Å². The lowest BCUT2D eigenvalue weighted by Gasteiger charge is -2.34. The average molecular weight is 501 g/mol. The Labute approximate surface area is 212 Å². The minimum Gasteiger partial charge on any atom is -0.496 e. The lowest BCUT2D eigenvalue weighted by molar-refractivity contribution is 0.102. The smallest absolute Gasteiger partial charge is 0.274 e. The van der Waals surface area contributed by atoms with Crippen LogP contribution in [0.4, 0.5) is 15.8 Å². The second-order valence-electron chi connectivity index (χ2n) is 8.88. The van der Waals surface area contributed by atoms with Crippen LogP contribution in [0.1, 0.15) is 28.9 Å². The predicted octanol–water partition coefficient (Wildman–Crippen LogP) is 3.23. The molecule has 0 spiro atoms. The number of carbonyl (C=O) groups excluding carboxylic acids is 1. The van der Waals surface area contributed by atoms with E-state index in [0.717, 1.165) is 30.5 Å². The summed E-state index contributed by atoms with van der Waals surface area (Å²) in [7, 11) is 3.20. The maximum absolute atomic E-state index is 14.6. The zero-order chi connectivity index (χ0) is 26.1. The van der Waals surface area contributed by atoms with Crippen LogP contribution < -0.4 is 20.7 Å². The number of aromatic nitrogens is 4. The molecule has 11 heteroatoms. The van der Waals surface area contributed by atoms with Crippen molar-refractivity contribution in [3.05, 3.63) is 59.8 Å². The van der Waals surface area contributed by atoms with Crippen molar-refractivity contribution in [3.63, 3.8) is 0 Å². The van der Waals surface area contributed by atoms with Crippen molar-refractivity contribution in [2.45, 2.75) is 18.9 Å². The van der Waals surface area contributed by atoms with E-state index < -0.39 is 11.7 Å². The number of carbonyl (C=O) groups is 1. The van der Waals surface area contributed by atoms with Crippen LogP contribution in [-0.2, 0) is 7.05 Å². The average Bonchev–Trinajstić information content (AvgIpc) is 3.28. The van der Waals surface area contributed by atoms with Gasteiger partial charge < -0.3 is 20.7 Å². The number of anilines is 2. The Balaban J connectivity index is 1.57. The van der Waals surface area contributed by atoms with Crippen molar-refractivity contribution in [1.29, 1.82) is 5.26 Å². The molecule has 1 saturated heterocycles. The summed E-state index contributed by atoms with van der Waals surface area (Å²) in [6, 6.07) is 9.60. The summed E-state index contributed by atoms with van der Waals surface area (Å²) in [5, 5.41) is 17.9. The molecule has 0 radical (unpaired) electrons. The number of nitriles is 1. The fourth-order valence-corrected chi connectivity index (χ4v) is 4.70. The first kappa shape index (κ1) is 24.1. The standard InChI is InChI=1S/C26H25FN8O2/c1-34-14-17-23(33-34)15(12-28)11-20(24(17)35-10-4-5-16(29)13-35)32-26(36)19-8-9-30-25(31-19)22-18(27)6-3-7-21(22)37-2/h3,6-9,11,14,16H,4-5,10,13,29H2,1-2H3,(H,32,36). The zero-order valence-electron chi connectivity index (χ0n) is 20.4. The number of hydrogen-bond donors (Lipinski definition) is 2. The summed E-state index contributed by atoms with van der Waals surface area (Å²) < 4.78 is 21.5. The van der Waals surface area contributed by atoms with Crippen LogP contribution in [0.2, 0.25) is 0 Å². The fourth-order valence-electron chi connectivity index (χ4n) is 4.70. The van der Waals surface area contributed by atoms with Crippen LogP contribution in [0.3, 0.4) is 0 Å². The van der Waals surface area contributed by atoms with Gasteiger partial charge in [-0.25, -0.2) is 14.4 Å². The number of benzene rings is 2. The Bertz CT molecular complexity index is 1540. The first-order chi connectivity index (χ1) is 17.9. The molecule has 1 fully saturated rings. The monoisotopic (exact) mass is 500 g/mol. The van der Waals surface area contributed by atoms with Crippen LogP contribution in [0.25, 0.3) is 22.3 Å². The Morgan fingerprint density at radius 2 is 2.19 bits per heavy atom. The molecule has 0 saturated carbocycles. The van der Waals surface area contributed by atoms with Gasteiger partial charge in [-0.05, 0) is 37.1 Å². The van der Waals surface area contributed by atoms with Crippen molar-refractivity contribution in [3.8, 4) is 23.2 Å². The SMILES string of the molecule is COc1cccc(F)c1-c1nccc(C(=O)Nc2cc(C#N)c3nn(C)cc3c2N2CCCC(N)C2)n1. The summed E-state index contributed by atoms with van der Waals surface area (Å²) in [6.45, 7) is 1.35. The third kappa shape index (κ3) is 4.54. The second-order valence-corrected chi connectivity index (χ2v) is 8.88. The summed E-state index contributed by atoms with van der Waals surface area (Å²) in [4.78, 5) is 24.0. The van der Waals surface area contributed by atoms with Crippen molar-refractivity contribution in [2.24, 2.45) is 12.8 Å². The van der Waals surface area contributed by atoms with E-state index in [-0.39, 0.29) is 28.9 Å². The molecule has 0 bridgehead atoms. The maximum atomic E-state index is 14.6. The Morgan fingerprint density at radius 1 is 1.35 bits per heavy atom. The van der Waals surface area contributed by atoms with Gasteiger partial charge in [0.2, 0.25) is 0 Å². The molecule has 1 unspecified atom stereocenters. The van der Waals surface area contributed by atoms with Crippen molar-refractivity contribution in [2.75, 3.05) is 30.4 Å². The van der Waals surface area contributed by atoms with E-state index >= 15 is 0 Å². The molecule has 5 rings (SSSR count). The van der Waals surface area contributed by atoms with Gasteiger partial charge in [-0.2, -0.15) is 10.4 Å². The first-order valence-corrected chi connectivity index (χ1v) is 11.8. The molecule has 0 aliphatic carbocycles. The maximum Gasteiger partial charge on any atom is 0.274 e. The Kier molecular flexibility index (Phi) is 6.42. The molecule has 37 heavy (non-hydrogen) atoms. The number of rotatable bonds is 5. The zero-order valence-corrected chi connectivity index (χ0v) is 20.4. The van der Waals surface area contributed by atoms with E-state index in [9.17, 15) is 14.4 Å². The molecular weight excluding hydrogens is 475 g/mol. The number of amides is 1. The number of nitrogens with two attached hydrogens (primary N) is 1. The molecule has 1 aliphatic rings. The number of methoxy groups -OCH3 is 1. The quantitative estimate of drug-likeness (QED) is 0.426. The van der Waals surface area contributed by atoms with E-state index in [2.05, 4.69) is 31.4 Å². The van der Waals surface area contributed by atoms with Crippen molar-refractivity contribution in [1.82, 2.24) is 19.7 Å². The van der Waals surface area contributed by atoms with Gasteiger partial charge >= 0.3 is 0 Å². The lowest BCUT2D eigenvalue weighted by atomic mass is 10.0. The molecule has 3 heterocycles. The highest BCUT2D eigenvalue weighted by Crippen LogP contribution is 2.38. The van der Waals surface area contributed by atoms with Gasteiger partial charge in [0.15, 0.2) is 5.82 Å². The molecule has 1 atom stereocenters. The third-order valence-corrected chi connectivity index (χ3v) is 6.33. The molecule has 10 nitrogen and oxygen atoms in total. The predicted molar refractivity (Wildman–Crippen MR) is 137 cm³/mol. The summed E-state index contributed by atoms with van der Waals surface area (Å²) >= 11 is 0. The minimum absolute atomic E-state index is 0.0140. The third-order valence-electron chi connectivity index (χ3n) is 6.33. The number of hydrogen-bond acceptors (Lipinski definition) is 8. The number of nitrogens with one attached hydrogen (secondary N) is 1. The fraction of sp³-hybridized carbons (Fsp3) is 0.269. The topological polar surface area (TPSA) is 135 Å². The van der Waals surface area contributed by atoms with Gasteiger partial charge in [0.1, 0.15) is 28.8 Å². The number of halogens is 1. The van der Waals surface area contributed by atoms with Gasteiger partial charge in [-0.3, -0.25) is 9.48 Å². The number of piperidine rings is 1. The lowest BCUT2D eigenvalue weighted by Crippen LogP contribution is -2.43. The van der Waals surface area contributed by atoms with E-state index in [1.165, 1.54) is 31.5 Å². The minimum atomic E-state index is -0.568. The molecule has 1 aliphatic heterocycles. The highest BCUT2D eigenvalue weighted by molar-refractivity contribution is 6.10. The number of aryl methyl sites for hydroxylation is 1. The molecule has 1 amide bonds.